The summed E-state index contributed by atoms with van der Waals surface area (Å²) in [6, 6.07) is 9.83. The van der Waals surface area contributed by atoms with Crippen LogP contribution in [0.25, 0.3) is 0 Å². The summed E-state index contributed by atoms with van der Waals surface area (Å²) in [5, 5.41) is 9.72. The molecule has 2 fully saturated rings. The monoisotopic (exact) mass is 544 g/mol. The first kappa shape index (κ1) is 28.0. The maximum Gasteiger partial charge on any atom is 0.305 e. The van der Waals surface area contributed by atoms with Gasteiger partial charge in [-0.05, 0) is 60.6 Å². The average Bonchev–Trinajstić information content (AvgIpc) is 3.50. The molecule has 2 aromatic rings. The van der Waals surface area contributed by atoms with Gasteiger partial charge in [0, 0.05) is 32.0 Å². The van der Waals surface area contributed by atoms with Crippen LogP contribution in [0.3, 0.4) is 0 Å². The van der Waals surface area contributed by atoms with Crippen molar-refractivity contribution in [2.45, 2.75) is 64.5 Å². The zero-order valence-corrected chi connectivity index (χ0v) is 22.4. The van der Waals surface area contributed by atoms with Crippen LogP contribution in [0.15, 0.2) is 36.4 Å². The zero-order valence-electron chi connectivity index (χ0n) is 21.6. The van der Waals surface area contributed by atoms with Crippen molar-refractivity contribution in [1.82, 2.24) is 9.80 Å². The normalized spacial score (nSPS) is 17.0. The van der Waals surface area contributed by atoms with Gasteiger partial charge in [-0.1, -0.05) is 42.6 Å². The van der Waals surface area contributed by atoms with Crippen molar-refractivity contribution in [2.75, 3.05) is 19.7 Å². The van der Waals surface area contributed by atoms with E-state index in [1.807, 2.05) is 25.1 Å². The standard InChI is InChI=1S/C29H34ClFN2O5/c1-19-14-21(6-9-26(19)38-13-12-33-27(34)10-11-28(33)35)18-32(17-20-4-2-3-5-20)25(16-29(36)37)22-7-8-23(30)24(31)15-22/h6-9,14-15,20,25H,2-5,10-13,16-18H2,1H3,(H,36,37). The summed E-state index contributed by atoms with van der Waals surface area (Å²) in [6.45, 7) is 3.58. The predicted octanol–water partition coefficient (Wildman–Crippen LogP) is 5.52. The SMILES string of the molecule is Cc1cc(CN(CC2CCCC2)C(CC(=O)O)c2ccc(Cl)c(F)c2)ccc1OCCN1C(=O)CCC1=O. The third-order valence-corrected chi connectivity index (χ3v) is 7.76. The highest BCUT2D eigenvalue weighted by Gasteiger charge is 2.29. The number of benzene rings is 2. The number of aryl methyl sites for hydroxylation is 1. The molecular weight excluding hydrogens is 511 g/mol. The number of rotatable bonds is 12. The van der Waals surface area contributed by atoms with E-state index >= 15 is 0 Å². The first-order valence-electron chi connectivity index (χ1n) is 13.2. The molecule has 4 rings (SSSR count). The number of amides is 2. The molecule has 2 aliphatic rings. The maximum atomic E-state index is 14.4. The molecule has 2 amide bonds. The molecule has 1 saturated heterocycles. The Morgan fingerprint density at radius 2 is 1.87 bits per heavy atom. The summed E-state index contributed by atoms with van der Waals surface area (Å²) in [5.41, 5.74) is 2.48. The minimum atomic E-state index is -0.948. The number of ether oxygens (including phenoxy) is 1. The number of halogens is 2. The number of aliphatic carboxylic acids is 1. The molecular formula is C29H34ClFN2O5. The van der Waals surface area contributed by atoms with Gasteiger partial charge < -0.3 is 9.84 Å². The highest BCUT2D eigenvalue weighted by Crippen LogP contribution is 2.34. The van der Waals surface area contributed by atoms with Gasteiger partial charge in [0.1, 0.15) is 18.2 Å². The molecule has 2 aromatic carbocycles. The minimum Gasteiger partial charge on any atom is -0.491 e. The summed E-state index contributed by atoms with van der Waals surface area (Å²) in [6.07, 6.45) is 4.89. The molecule has 1 unspecified atom stereocenters. The van der Waals surface area contributed by atoms with Crippen LogP contribution in [0.5, 0.6) is 5.75 Å². The average molecular weight is 545 g/mol. The second-order valence-electron chi connectivity index (χ2n) is 10.3. The first-order chi connectivity index (χ1) is 18.2. The Labute approximate surface area is 227 Å². The Morgan fingerprint density at radius 1 is 1.16 bits per heavy atom. The topological polar surface area (TPSA) is 87.2 Å². The van der Waals surface area contributed by atoms with E-state index in [1.165, 1.54) is 17.0 Å². The van der Waals surface area contributed by atoms with E-state index in [0.717, 1.165) is 43.4 Å². The molecule has 1 saturated carbocycles. The van der Waals surface area contributed by atoms with Gasteiger partial charge in [-0.15, -0.1) is 0 Å². The van der Waals surface area contributed by atoms with E-state index in [4.69, 9.17) is 16.3 Å². The lowest BCUT2D eigenvalue weighted by atomic mass is 9.98. The van der Waals surface area contributed by atoms with Crippen molar-refractivity contribution in [3.8, 4) is 5.75 Å². The van der Waals surface area contributed by atoms with Crippen LogP contribution in [0.2, 0.25) is 5.02 Å². The van der Waals surface area contributed by atoms with Gasteiger partial charge in [0.15, 0.2) is 0 Å². The smallest absolute Gasteiger partial charge is 0.305 e. The van der Waals surface area contributed by atoms with Gasteiger partial charge in [0.2, 0.25) is 11.8 Å². The Bertz CT molecular complexity index is 1170. The third-order valence-electron chi connectivity index (χ3n) is 7.46. The van der Waals surface area contributed by atoms with E-state index in [2.05, 4.69) is 4.90 Å². The minimum absolute atomic E-state index is 0.00912. The Hall–Kier alpha value is -2.97. The van der Waals surface area contributed by atoms with Crippen LogP contribution in [0.4, 0.5) is 4.39 Å². The number of carbonyl (C=O) groups is 3. The van der Waals surface area contributed by atoms with Crippen molar-refractivity contribution >= 4 is 29.4 Å². The summed E-state index contributed by atoms with van der Waals surface area (Å²) in [7, 11) is 0. The highest BCUT2D eigenvalue weighted by atomic mass is 35.5. The van der Waals surface area contributed by atoms with E-state index < -0.39 is 17.8 Å². The number of carboxylic acid groups (broad SMARTS) is 1. The molecule has 38 heavy (non-hydrogen) atoms. The van der Waals surface area contributed by atoms with Crippen LogP contribution >= 0.6 is 11.6 Å². The quantitative estimate of drug-likeness (QED) is 0.354. The van der Waals surface area contributed by atoms with Crippen molar-refractivity contribution in [2.24, 2.45) is 5.92 Å². The lowest BCUT2D eigenvalue weighted by Gasteiger charge is -2.33. The van der Waals surface area contributed by atoms with Gasteiger partial charge in [-0.3, -0.25) is 24.2 Å². The Morgan fingerprint density at radius 3 is 2.50 bits per heavy atom. The summed E-state index contributed by atoms with van der Waals surface area (Å²) in [5.74, 6) is -0.707. The largest absolute Gasteiger partial charge is 0.491 e. The van der Waals surface area contributed by atoms with E-state index in [1.54, 1.807) is 6.07 Å². The van der Waals surface area contributed by atoms with Gasteiger partial charge in [0.05, 0.1) is 18.0 Å². The first-order valence-corrected chi connectivity index (χ1v) is 13.6. The molecule has 9 heteroatoms. The third kappa shape index (κ3) is 7.11. The molecule has 0 aromatic heterocycles. The second kappa shape index (κ2) is 12.7. The fourth-order valence-corrected chi connectivity index (χ4v) is 5.61. The number of carbonyl (C=O) groups excluding carboxylic acids is 2. The van der Waals surface area contributed by atoms with Gasteiger partial charge in [-0.2, -0.15) is 0 Å². The van der Waals surface area contributed by atoms with Crippen LogP contribution in [0, 0.1) is 18.7 Å². The number of imide groups is 1. The maximum absolute atomic E-state index is 14.4. The second-order valence-corrected chi connectivity index (χ2v) is 10.7. The molecule has 1 atom stereocenters. The molecule has 1 aliphatic heterocycles. The van der Waals surface area contributed by atoms with Crippen molar-refractivity contribution in [3.63, 3.8) is 0 Å². The van der Waals surface area contributed by atoms with Crippen LogP contribution < -0.4 is 4.74 Å². The fraction of sp³-hybridized carbons (Fsp3) is 0.483. The molecule has 0 radical (unpaired) electrons. The number of hydrogen-bond donors (Lipinski definition) is 1. The number of nitrogens with zero attached hydrogens (tertiary/aromatic N) is 2. The van der Waals surface area contributed by atoms with Gasteiger partial charge in [-0.25, -0.2) is 4.39 Å². The Kier molecular flexibility index (Phi) is 9.39. The van der Waals surface area contributed by atoms with Crippen LogP contribution in [0.1, 0.15) is 67.7 Å². The van der Waals surface area contributed by atoms with E-state index in [9.17, 15) is 23.9 Å². The molecule has 1 heterocycles. The molecule has 204 valence electrons. The molecule has 7 nitrogen and oxygen atoms in total. The molecule has 0 bridgehead atoms. The number of hydrogen-bond acceptors (Lipinski definition) is 5. The predicted molar refractivity (Wildman–Crippen MR) is 141 cm³/mol. The molecule has 0 spiro atoms. The van der Waals surface area contributed by atoms with Crippen molar-refractivity contribution < 1.29 is 28.6 Å². The fourth-order valence-electron chi connectivity index (χ4n) is 5.49. The number of likely N-dealkylation sites (tertiary alicyclic amines) is 1. The zero-order chi connectivity index (χ0) is 27.2. The van der Waals surface area contributed by atoms with E-state index in [-0.39, 0.29) is 49.3 Å². The summed E-state index contributed by atoms with van der Waals surface area (Å²) < 4.78 is 20.2. The lowest BCUT2D eigenvalue weighted by Crippen LogP contribution is -2.34. The van der Waals surface area contributed by atoms with Crippen molar-refractivity contribution in [3.05, 3.63) is 63.9 Å². The molecule has 1 N–H and O–H groups in total. The lowest BCUT2D eigenvalue weighted by molar-refractivity contribution is -0.140. The van der Waals surface area contributed by atoms with E-state index in [0.29, 0.717) is 23.8 Å². The number of carboxylic acids is 1. The van der Waals surface area contributed by atoms with Gasteiger partial charge >= 0.3 is 5.97 Å². The van der Waals surface area contributed by atoms with Crippen LogP contribution in [-0.2, 0) is 20.9 Å². The van der Waals surface area contributed by atoms with Crippen LogP contribution in [-0.4, -0.2) is 52.4 Å². The van der Waals surface area contributed by atoms with Gasteiger partial charge in [0.25, 0.3) is 0 Å². The van der Waals surface area contributed by atoms with Crippen molar-refractivity contribution in [1.29, 1.82) is 0 Å². The Balaban J connectivity index is 1.50. The highest BCUT2D eigenvalue weighted by molar-refractivity contribution is 6.30. The summed E-state index contributed by atoms with van der Waals surface area (Å²) >= 11 is 5.90. The molecule has 1 aliphatic carbocycles. The summed E-state index contributed by atoms with van der Waals surface area (Å²) in [4.78, 5) is 38.9.